The molecule has 15 heteroatoms. The second kappa shape index (κ2) is 13.2. The number of alkyl halides is 1. The van der Waals surface area contributed by atoms with Gasteiger partial charge in [-0.1, -0.05) is 23.2 Å². The number of rotatable bonds is 6. The minimum atomic E-state index is -1.17. The first-order valence-electron chi connectivity index (χ1n) is 9.68. The fourth-order valence-corrected chi connectivity index (χ4v) is 3.33. The topological polar surface area (TPSA) is 145 Å². The van der Waals surface area contributed by atoms with Crippen molar-refractivity contribution in [3.05, 3.63) is 81.6 Å². The van der Waals surface area contributed by atoms with Gasteiger partial charge in [-0.3, -0.25) is 0 Å². The van der Waals surface area contributed by atoms with Gasteiger partial charge in [-0.25, -0.2) is 28.9 Å². The molecule has 4 aromatic rings. The predicted octanol–water partition coefficient (Wildman–Crippen LogP) is 3.98. The number of esters is 1. The number of carbonyl (C=O) groups is 2. The molecule has 190 valence electrons. The molecular weight excluding hydrogens is 558 g/mol. The van der Waals surface area contributed by atoms with Gasteiger partial charge in [0.15, 0.2) is 23.0 Å². The first kappa shape index (κ1) is 29.0. The van der Waals surface area contributed by atoms with Crippen LogP contribution >= 0.6 is 47.2 Å². The minimum absolute atomic E-state index is 0. The molecule has 0 bridgehead atoms. The number of pyridine rings is 2. The van der Waals surface area contributed by atoms with Crippen molar-refractivity contribution in [1.82, 2.24) is 29.5 Å². The molecular formula is C21H18Cl4N6O5. The van der Waals surface area contributed by atoms with Crippen LogP contribution in [0.25, 0.3) is 11.6 Å². The number of ether oxygens (including phenoxy) is 1. The van der Waals surface area contributed by atoms with Crippen LogP contribution in [0, 0.1) is 0 Å². The highest BCUT2D eigenvalue weighted by atomic mass is 35.5. The third kappa shape index (κ3) is 6.50. The van der Waals surface area contributed by atoms with Crippen molar-refractivity contribution >= 4 is 59.1 Å². The number of carboxylic acids is 1. The highest BCUT2D eigenvalue weighted by molar-refractivity contribution is 6.32. The van der Waals surface area contributed by atoms with Gasteiger partial charge in [0.1, 0.15) is 0 Å². The normalized spacial score (nSPS) is 10.1. The van der Waals surface area contributed by atoms with E-state index in [4.69, 9.17) is 45.0 Å². The van der Waals surface area contributed by atoms with E-state index in [1.807, 2.05) is 0 Å². The number of halogens is 4. The molecule has 11 nitrogen and oxygen atoms in total. The zero-order chi connectivity index (χ0) is 25.5. The van der Waals surface area contributed by atoms with Gasteiger partial charge < -0.3 is 14.9 Å². The average molecular weight is 576 g/mol. The molecule has 2 N–H and O–H groups in total. The second-order valence-corrected chi connectivity index (χ2v) is 7.65. The Kier molecular flexibility index (Phi) is 10.6. The molecule has 0 fully saturated rings. The largest absolute Gasteiger partial charge is 0.477 e. The van der Waals surface area contributed by atoms with E-state index in [0.717, 1.165) is 4.68 Å². The Labute approximate surface area is 225 Å². The maximum Gasteiger partial charge on any atom is 0.356 e. The van der Waals surface area contributed by atoms with Crippen LogP contribution in [0.2, 0.25) is 10.0 Å². The first-order valence-corrected chi connectivity index (χ1v) is 11.0. The van der Waals surface area contributed by atoms with Gasteiger partial charge in [-0.05, 0) is 36.4 Å². The molecule has 0 spiro atoms. The van der Waals surface area contributed by atoms with Crippen molar-refractivity contribution in [2.45, 2.75) is 12.5 Å². The number of nitrogens with zero attached hydrogens (tertiary/aromatic N) is 6. The molecule has 0 radical (unpaired) electrons. The van der Waals surface area contributed by atoms with E-state index in [9.17, 15) is 9.59 Å². The number of carboxylic acid groups (broad SMARTS) is 1. The summed E-state index contributed by atoms with van der Waals surface area (Å²) in [5.41, 5.74) is 0.909. The highest BCUT2D eigenvalue weighted by Gasteiger charge is 2.19. The standard InChI is InChI=1S/C11H9Cl2N3O2.C10H8ClN3O3.ClH/c1-18-11(17)9-5-7(6-12)15-16(9)10-8(13)3-2-4-14-10;11-7-2-1-3-12-9(7)14-8(10(16)17)4-6(5-15)13-14;/h2-5H,6H2,1H3;1-4,15H,5H2,(H,16,17);1H. The van der Waals surface area contributed by atoms with Gasteiger partial charge in [0.2, 0.25) is 0 Å². The fourth-order valence-electron chi connectivity index (χ4n) is 2.79. The Bertz CT molecular complexity index is 1360. The number of aromatic carboxylic acids is 1. The van der Waals surface area contributed by atoms with Crippen LogP contribution in [-0.2, 0) is 17.2 Å². The summed E-state index contributed by atoms with van der Waals surface area (Å²) in [6, 6.07) is 9.37. The molecule has 0 aliphatic carbocycles. The molecule has 4 rings (SSSR count). The molecule has 0 atom stereocenters. The Morgan fingerprint density at radius 3 is 1.89 bits per heavy atom. The van der Waals surface area contributed by atoms with Gasteiger partial charge in [0.05, 0.1) is 41.0 Å². The first-order chi connectivity index (χ1) is 16.8. The molecule has 0 aliphatic rings. The number of methoxy groups -OCH3 is 1. The number of aliphatic hydroxyl groups excluding tert-OH is 1. The average Bonchev–Trinajstić information content (AvgIpc) is 3.49. The molecule has 0 unspecified atom stereocenters. The van der Waals surface area contributed by atoms with Crippen molar-refractivity contribution < 1.29 is 24.5 Å². The van der Waals surface area contributed by atoms with Gasteiger partial charge in [0.25, 0.3) is 0 Å². The predicted molar refractivity (Wildman–Crippen MR) is 134 cm³/mol. The minimum Gasteiger partial charge on any atom is -0.477 e. The van der Waals surface area contributed by atoms with Gasteiger partial charge in [-0.15, -0.1) is 24.0 Å². The number of aromatic nitrogens is 6. The van der Waals surface area contributed by atoms with Crippen LogP contribution < -0.4 is 0 Å². The lowest BCUT2D eigenvalue weighted by molar-refractivity contribution is 0.0589. The number of hydrogen-bond donors (Lipinski definition) is 2. The maximum absolute atomic E-state index is 11.7. The van der Waals surface area contributed by atoms with E-state index in [2.05, 4.69) is 24.9 Å². The van der Waals surface area contributed by atoms with E-state index in [1.165, 1.54) is 24.1 Å². The summed E-state index contributed by atoms with van der Waals surface area (Å²) in [6.07, 6.45) is 3.04. The van der Waals surface area contributed by atoms with Crippen LogP contribution in [0.15, 0.2) is 48.8 Å². The molecule has 4 aromatic heterocycles. The molecule has 0 saturated heterocycles. The van der Waals surface area contributed by atoms with E-state index < -0.39 is 11.9 Å². The molecule has 0 aliphatic heterocycles. The zero-order valence-electron chi connectivity index (χ0n) is 18.4. The number of carbonyl (C=O) groups excluding carboxylic acids is 1. The fraction of sp³-hybridized carbons (Fsp3) is 0.143. The summed E-state index contributed by atoms with van der Waals surface area (Å²) in [5.74, 6) is -0.941. The Balaban J connectivity index is 0.000000247. The van der Waals surface area contributed by atoms with Crippen LogP contribution in [0.5, 0.6) is 0 Å². The number of hydrogen-bond acceptors (Lipinski definition) is 8. The SMILES string of the molecule is COC(=O)c1cc(CCl)nn1-c1ncccc1Cl.Cl.O=C(O)c1cc(CO)nn1-c1ncccc1Cl. The lowest BCUT2D eigenvalue weighted by Crippen LogP contribution is -2.11. The van der Waals surface area contributed by atoms with Crippen molar-refractivity contribution in [1.29, 1.82) is 0 Å². The lowest BCUT2D eigenvalue weighted by Gasteiger charge is -2.06. The Morgan fingerprint density at radius 1 is 0.944 bits per heavy atom. The monoisotopic (exact) mass is 574 g/mol. The molecule has 4 heterocycles. The summed E-state index contributed by atoms with van der Waals surface area (Å²) in [6.45, 7) is -0.349. The smallest absolute Gasteiger partial charge is 0.356 e. The molecule has 36 heavy (non-hydrogen) atoms. The quantitative estimate of drug-likeness (QED) is 0.257. The van der Waals surface area contributed by atoms with Crippen molar-refractivity contribution in [2.75, 3.05) is 7.11 Å². The third-order valence-electron chi connectivity index (χ3n) is 4.31. The summed E-state index contributed by atoms with van der Waals surface area (Å²) in [4.78, 5) is 30.7. The molecule has 0 saturated carbocycles. The number of aliphatic hydroxyl groups is 1. The Morgan fingerprint density at radius 2 is 1.44 bits per heavy atom. The van der Waals surface area contributed by atoms with Gasteiger partial charge in [-0.2, -0.15) is 10.2 Å². The van der Waals surface area contributed by atoms with E-state index >= 15 is 0 Å². The highest BCUT2D eigenvalue weighted by Crippen LogP contribution is 2.21. The lowest BCUT2D eigenvalue weighted by atomic mass is 10.3. The van der Waals surface area contributed by atoms with E-state index in [0.29, 0.717) is 16.5 Å². The maximum atomic E-state index is 11.7. The zero-order valence-corrected chi connectivity index (χ0v) is 21.5. The van der Waals surface area contributed by atoms with Crippen LogP contribution in [0.1, 0.15) is 32.4 Å². The summed E-state index contributed by atoms with van der Waals surface area (Å²) in [7, 11) is 1.29. The molecule has 0 amide bonds. The van der Waals surface area contributed by atoms with Crippen molar-refractivity contribution in [2.24, 2.45) is 0 Å². The van der Waals surface area contributed by atoms with Gasteiger partial charge in [0, 0.05) is 12.4 Å². The Hall–Kier alpha value is -3.22. The molecule has 0 aromatic carbocycles. The van der Waals surface area contributed by atoms with E-state index in [-0.39, 0.29) is 52.8 Å². The summed E-state index contributed by atoms with van der Waals surface area (Å²) in [5, 5.41) is 26.7. The van der Waals surface area contributed by atoms with Crippen molar-refractivity contribution in [3.63, 3.8) is 0 Å². The van der Waals surface area contributed by atoms with Crippen LogP contribution in [0.4, 0.5) is 0 Å². The van der Waals surface area contributed by atoms with Crippen molar-refractivity contribution in [3.8, 4) is 11.6 Å². The van der Waals surface area contributed by atoms with Gasteiger partial charge >= 0.3 is 11.9 Å². The van der Waals surface area contributed by atoms with Crippen LogP contribution in [-0.4, -0.2) is 58.8 Å². The summed E-state index contributed by atoms with van der Waals surface area (Å²) >= 11 is 17.6. The summed E-state index contributed by atoms with van der Waals surface area (Å²) < 4.78 is 7.10. The van der Waals surface area contributed by atoms with Crippen LogP contribution in [0.3, 0.4) is 0 Å². The van der Waals surface area contributed by atoms with E-state index in [1.54, 1.807) is 36.5 Å². The second-order valence-electron chi connectivity index (χ2n) is 6.57. The third-order valence-corrected chi connectivity index (χ3v) is 5.18.